The van der Waals surface area contributed by atoms with Crippen LogP contribution in [0.4, 0.5) is 11.4 Å². The summed E-state index contributed by atoms with van der Waals surface area (Å²) in [6.45, 7) is 3.19. The highest BCUT2D eigenvalue weighted by molar-refractivity contribution is 14.1. The monoisotopic (exact) mass is 366 g/mol. The van der Waals surface area contributed by atoms with Gasteiger partial charge in [-0.1, -0.05) is 37.3 Å². The van der Waals surface area contributed by atoms with Crippen LogP contribution in [0.25, 0.3) is 0 Å². The molecule has 0 aliphatic rings. The smallest absolute Gasteiger partial charge is 0.0574 e. The summed E-state index contributed by atoms with van der Waals surface area (Å²) in [6, 6.07) is 16.7. The molecule has 0 radical (unpaired) electrons. The fourth-order valence-corrected chi connectivity index (χ4v) is 2.58. The fourth-order valence-electron chi connectivity index (χ4n) is 2.07. The number of hydrogen-bond acceptors (Lipinski definition) is 2. The number of nitrogens with one attached hydrogen (secondary N) is 1. The Morgan fingerprint density at radius 2 is 1.89 bits per heavy atom. The normalized spacial score (nSPS) is 12.1. The molecule has 0 amide bonds. The van der Waals surface area contributed by atoms with E-state index >= 15 is 0 Å². The minimum absolute atomic E-state index is 0.554. The molecule has 0 spiro atoms. The van der Waals surface area contributed by atoms with Crippen LogP contribution in [-0.4, -0.2) is 6.54 Å². The van der Waals surface area contributed by atoms with Gasteiger partial charge in [0.1, 0.15) is 0 Å². The molecule has 0 fully saturated rings. The highest BCUT2D eigenvalue weighted by atomic mass is 127. The van der Waals surface area contributed by atoms with Gasteiger partial charge in [-0.15, -0.1) is 0 Å². The summed E-state index contributed by atoms with van der Waals surface area (Å²) in [5.74, 6) is 0.554. The molecule has 2 nitrogen and oxygen atoms in total. The average Bonchev–Trinajstić information content (AvgIpc) is 2.42. The summed E-state index contributed by atoms with van der Waals surface area (Å²) in [7, 11) is 0. The number of anilines is 2. The molecule has 100 valence electrons. The van der Waals surface area contributed by atoms with E-state index in [1.54, 1.807) is 0 Å². The van der Waals surface area contributed by atoms with Crippen LogP contribution in [0.1, 0.15) is 24.8 Å². The first-order valence-electron chi connectivity index (χ1n) is 6.50. The van der Waals surface area contributed by atoms with Crippen LogP contribution in [-0.2, 0) is 0 Å². The third-order valence-electron chi connectivity index (χ3n) is 3.28. The van der Waals surface area contributed by atoms with Crippen molar-refractivity contribution in [2.24, 2.45) is 0 Å². The number of nitrogens with two attached hydrogens (primary N) is 1. The maximum absolute atomic E-state index is 5.98. The van der Waals surface area contributed by atoms with Crippen LogP contribution in [0.3, 0.4) is 0 Å². The van der Waals surface area contributed by atoms with E-state index in [0.29, 0.717) is 5.92 Å². The Kier molecular flexibility index (Phi) is 5.07. The van der Waals surface area contributed by atoms with Gasteiger partial charge >= 0.3 is 0 Å². The molecule has 0 saturated carbocycles. The quantitative estimate of drug-likeness (QED) is 0.605. The zero-order valence-electron chi connectivity index (χ0n) is 11.1. The molecule has 2 aromatic carbocycles. The molecule has 2 aromatic rings. The predicted molar refractivity (Wildman–Crippen MR) is 91.5 cm³/mol. The molecular formula is C16H19IN2. The molecule has 2 rings (SSSR count). The summed E-state index contributed by atoms with van der Waals surface area (Å²) in [5, 5.41) is 3.41. The van der Waals surface area contributed by atoms with Crippen molar-refractivity contribution in [1.29, 1.82) is 0 Å². The second kappa shape index (κ2) is 6.80. The molecule has 1 atom stereocenters. The summed E-state index contributed by atoms with van der Waals surface area (Å²) in [5.41, 5.74) is 9.22. The molecule has 0 bridgehead atoms. The molecule has 1 unspecified atom stereocenters. The lowest BCUT2D eigenvalue weighted by molar-refractivity contribution is 0.706. The van der Waals surface area contributed by atoms with E-state index in [9.17, 15) is 0 Å². The van der Waals surface area contributed by atoms with Crippen molar-refractivity contribution >= 4 is 34.0 Å². The second-order valence-corrected chi connectivity index (χ2v) is 6.00. The Morgan fingerprint density at radius 1 is 1.16 bits per heavy atom. The maximum Gasteiger partial charge on any atom is 0.0574 e. The minimum Gasteiger partial charge on any atom is -0.397 e. The Balaban J connectivity index is 1.86. The van der Waals surface area contributed by atoms with Crippen molar-refractivity contribution in [3.05, 3.63) is 57.7 Å². The molecule has 0 aliphatic carbocycles. The average molecular weight is 366 g/mol. The minimum atomic E-state index is 0.554. The van der Waals surface area contributed by atoms with Crippen molar-refractivity contribution in [3.63, 3.8) is 0 Å². The van der Waals surface area contributed by atoms with Crippen LogP contribution in [0.15, 0.2) is 48.5 Å². The Labute approximate surface area is 128 Å². The van der Waals surface area contributed by atoms with E-state index < -0.39 is 0 Å². The summed E-state index contributed by atoms with van der Waals surface area (Å²) >= 11 is 2.27. The molecule has 0 aromatic heterocycles. The molecule has 0 heterocycles. The SMILES string of the molecule is CC(CCNc1ccc(I)cc1N)c1ccccc1. The van der Waals surface area contributed by atoms with Crippen LogP contribution in [0.5, 0.6) is 0 Å². The van der Waals surface area contributed by atoms with E-state index in [1.165, 1.54) is 9.13 Å². The summed E-state index contributed by atoms with van der Waals surface area (Å²) < 4.78 is 1.17. The van der Waals surface area contributed by atoms with Gasteiger partial charge < -0.3 is 11.1 Å². The van der Waals surface area contributed by atoms with Crippen LogP contribution < -0.4 is 11.1 Å². The molecule has 3 heteroatoms. The highest BCUT2D eigenvalue weighted by Crippen LogP contribution is 2.22. The molecule has 3 N–H and O–H groups in total. The van der Waals surface area contributed by atoms with Gasteiger partial charge in [0.05, 0.1) is 11.4 Å². The van der Waals surface area contributed by atoms with Crippen LogP contribution in [0.2, 0.25) is 0 Å². The standard InChI is InChI=1S/C16H19IN2/c1-12(13-5-3-2-4-6-13)9-10-19-16-8-7-14(17)11-15(16)18/h2-8,11-12,19H,9-10,18H2,1H3. The maximum atomic E-state index is 5.98. The van der Waals surface area contributed by atoms with Crippen LogP contribution in [0, 0.1) is 3.57 Å². The zero-order chi connectivity index (χ0) is 13.7. The van der Waals surface area contributed by atoms with E-state index in [2.05, 4.69) is 71.2 Å². The number of hydrogen-bond donors (Lipinski definition) is 2. The van der Waals surface area contributed by atoms with Crippen molar-refractivity contribution in [2.75, 3.05) is 17.6 Å². The Hall–Kier alpha value is -1.23. The van der Waals surface area contributed by atoms with Gasteiger partial charge in [0.25, 0.3) is 0 Å². The first-order valence-corrected chi connectivity index (χ1v) is 7.58. The largest absolute Gasteiger partial charge is 0.397 e. The van der Waals surface area contributed by atoms with Gasteiger partial charge in [-0.05, 0) is 58.7 Å². The number of rotatable bonds is 5. The number of halogens is 1. The van der Waals surface area contributed by atoms with E-state index in [1.807, 2.05) is 12.1 Å². The first-order chi connectivity index (χ1) is 9.16. The van der Waals surface area contributed by atoms with Crippen molar-refractivity contribution in [2.45, 2.75) is 19.3 Å². The first kappa shape index (κ1) is 14.2. The van der Waals surface area contributed by atoms with E-state index in [4.69, 9.17) is 5.73 Å². The topological polar surface area (TPSA) is 38.0 Å². The predicted octanol–water partition coefficient (Wildman–Crippen LogP) is 4.48. The number of nitrogen functional groups attached to an aromatic ring is 1. The molecular weight excluding hydrogens is 347 g/mol. The fraction of sp³-hybridized carbons (Fsp3) is 0.250. The Bertz CT molecular complexity index is 526. The van der Waals surface area contributed by atoms with Gasteiger partial charge in [0, 0.05) is 10.1 Å². The summed E-state index contributed by atoms with van der Waals surface area (Å²) in [6.07, 6.45) is 1.09. The Morgan fingerprint density at radius 3 is 2.58 bits per heavy atom. The lowest BCUT2D eigenvalue weighted by Crippen LogP contribution is -2.07. The van der Waals surface area contributed by atoms with Gasteiger partial charge in [0.15, 0.2) is 0 Å². The van der Waals surface area contributed by atoms with Crippen molar-refractivity contribution < 1.29 is 0 Å². The van der Waals surface area contributed by atoms with Crippen molar-refractivity contribution in [3.8, 4) is 0 Å². The molecule has 0 aliphatic heterocycles. The van der Waals surface area contributed by atoms with Crippen LogP contribution >= 0.6 is 22.6 Å². The van der Waals surface area contributed by atoms with Gasteiger partial charge in [0.2, 0.25) is 0 Å². The van der Waals surface area contributed by atoms with Gasteiger partial charge in [-0.25, -0.2) is 0 Å². The van der Waals surface area contributed by atoms with Crippen molar-refractivity contribution in [1.82, 2.24) is 0 Å². The van der Waals surface area contributed by atoms with E-state index in [-0.39, 0.29) is 0 Å². The van der Waals surface area contributed by atoms with Gasteiger partial charge in [-0.3, -0.25) is 0 Å². The van der Waals surface area contributed by atoms with Gasteiger partial charge in [-0.2, -0.15) is 0 Å². The second-order valence-electron chi connectivity index (χ2n) is 4.76. The lowest BCUT2D eigenvalue weighted by atomic mass is 9.98. The lowest BCUT2D eigenvalue weighted by Gasteiger charge is -2.14. The number of benzene rings is 2. The third kappa shape index (κ3) is 4.13. The zero-order valence-corrected chi connectivity index (χ0v) is 13.2. The van der Waals surface area contributed by atoms with E-state index in [0.717, 1.165) is 24.3 Å². The molecule has 0 saturated heterocycles. The third-order valence-corrected chi connectivity index (χ3v) is 3.95. The molecule has 19 heavy (non-hydrogen) atoms. The summed E-state index contributed by atoms with van der Waals surface area (Å²) in [4.78, 5) is 0. The highest BCUT2D eigenvalue weighted by Gasteiger charge is 2.05.